The first-order chi connectivity index (χ1) is 11.6. The Labute approximate surface area is 141 Å². The summed E-state index contributed by atoms with van der Waals surface area (Å²) in [6.45, 7) is 6.41. The lowest BCUT2D eigenvalue weighted by atomic mass is 10.1. The second-order valence-electron chi connectivity index (χ2n) is 5.62. The molecule has 0 saturated carbocycles. The third kappa shape index (κ3) is 4.02. The van der Waals surface area contributed by atoms with Crippen LogP contribution in [0.2, 0.25) is 0 Å². The Balaban J connectivity index is 1.67. The van der Waals surface area contributed by atoms with E-state index in [9.17, 15) is 4.79 Å². The molecule has 0 amide bonds. The molecule has 3 heteroatoms. The highest BCUT2D eigenvalue weighted by Gasteiger charge is 2.11. The summed E-state index contributed by atoms with van der Waals surface area (Å²) >= 11 is 0. The van der Waals surface area contributed by atoms with Crippen LogP contribution in [0.4, 0.5) is 0 Å². The van der Waals surface area contributed by atoms with Crippen molar-refractivity contribution in [3.8, 4) is 11.5 Å². The van der Waals surface area contributed by atoms with Crippen molar-refractivity contribution in [1.82, 2.24) is 0 Å². The third-order valence-electron chi connectivity index (χ3n) is 3.60. The quantitative estimate of drug-likeness (QED) is 0.812. The van der Waals surface area contributed by atoms with Gasteiger partial charge in [0.25, 0.3) is 0 Å². The van der Waals surface area contributed by atoms with Gasteiger partial charge in [-0.15, -0.1) is 0 Å². The first-order valence-corrected chi connectivity index (χ1v) is 7.69. The van der Waals surface area contributed by atoms with Gasteiger partial charge in [0.15, 0.2) is 5.78 Å². The number of carbonyl (C=O) groups excluding carboxylic acids is 1. The van der Waals surface area contributed by atoms with Gasteiger partial charge in [0, 0.05) is 17.7 Å². The van der Waals surface area contributed by atoms with E-state index in [4.69, 9.17) is 9.47 Å². The van der Waals surface area contributed by atoms with Crippen LogP contribution in [0, 0.1) is 6.92 Å². The van der Waals surface area contributed by atoms with Crippen LogP contribution in [-0.2, 0) is 11.4 Å². The Morgan fingerprint density at radius 3 is 2.54 bits per heavy atom. The molecule has 0 aromatic heterocycles. The number of aryl methyl sites for hydroxylation is 1. The van der Waals surface area contributed by atoms with Crippen molar-refractivity contribution in [2.45, 2.75) is 13.5 Å². The van der Waals surface area contributed by atoms with Gasteiger partial charge in [0.2, 0.25) is 0 Å². The van der Waals surface area contributed by atoms with Crippen molar-refractivity contribution in [1.29, 1.82) is 0 Å². The lowest BCUT2D eigenvalue weighted by Crippen LogP contribution is -2.05. The standard InChI is InChI=1S/C21H18O3/c1-15-6-9-17(10-7-15)14-23-19-4-3-5-20(13-19)24-21-12-18(22)11-8-16(21)2/h3-13H,2,14H2,1H3. The monoisotopic (exact) mass is 318 g/mol. The summed E-state index contributed by atoms with van der Waals surface area (Å²) in [6, 6.07) is 15.5. The highest BCUT2D eigenvalue weighted by atomic mass is 16.5. The minimum absolute atomic E-state index is 0.107. The predicted molar refractivity (Wildman–Crippen MR) is 94.0 cm³/mol. The Kier molecular flexibility index (Phi) is 4.62. The molecule has 0 saturated heterocycles. The Bertz CT molecular complexity index is 826. The highest BCUT2D eigenvalue weighted by Crippen LogP contribution is 2.25. The Morgan fingerprint density at radius 1 is 1.00 bits per heavy atom. The maximum absolute atomic E-state index is 11.5. The van der Waals surface area contributed by atoms with Crippen molar-refractivity contribution in [2.75, 3.05) is 0 Å². The van der Waals surface area contributed by atoms with Gasteiger partial charge in [-0.1, -0.05) is 42.5 Å². The van der Waals surface area contributed by atoms with Crippen LogP contribution in [0.15, 0.2) is 84.7 Å². The Morgan fingerprint density at radius 2 is 1.75 bits per heavy atom. The van der Waals surface area contributed by atoms with Crippen LogP contribution < -0.4 is 9.47 Å². The maximum Gasteiger partial charge on any atom is 0.182 e. The SMILES string of the molecule is C=C1C=CC(=O)C=C1Oc1cccc(OCc2ccc(C)cc2)c1. The van der Waals surface area contributed by atoms with Crippen LogP contribution in [0.3, 0.4) is 0 Å². The average Bonchev–Trinajstić information content (AvgIpc) is 2.58. The van der Waals surface area contributed by atoms with E-state index in [1.165, 1.54) is 17.7 Å². The molecule has 3 rings (SSSR count). The van der Waals surface area contributed by atoms with Crippen LogP contribution in [-0.4, -0.2) is 5.78 Å². The summed E-state index contributed by atoms with van der Waals surface area (Å²) in [5.74, 6) is 1.66. The molecule has 0 heterocycles. The number of ketones is 1. The fourth-order valence-corrected chi connectivity index (χ4v) is 2.24. The van der Waals surface area contributed by atoms with Crippen molar-refractivity contribution in [3.63, 3.8) is 0 Å². The van der Waals surface area contributed by atoms with Crippen LogP contribution >= 0.6 is 0 Å². The molecule has 0 aliphatic heterocycles. The van der Waals surface area contributed by atoms with E-state index in [1.807, 2.05) is 30.3 Å². The van der Waals surface area contributed by atoms with Gasteiger partial charge in [-0.2, -0.15) is 0 Å². The zero-order chi connectivity index (χ0) is 16.9. The minimum Gasteiger partial charge on any atom is -0.489 e. The number of rotatable bonds is 5. The fraction of sp³-hybridized carbons (Fsp3) is 0.0952. The zero-order valence-corrected chi connectivity index (χ0v) is 13.5. The summed E-state index contributed by atoms with van der Waals surface area (Å²) in [6.07, 6.45) is 4.55. The van der Waals surface area contributed by atoms with Gasteiger partial charge in [-0.3, -0.25) is 4.79 Å². The summed E-state index contributed by atoms with van der Waals surface area (Å²) in [5.41, 5.74) is 2.99. The summed E-state index contributed by atoms with van der Waals surface area (Å²) in [7, 11) is 0. The van der Waals surface area contributed by atoms with Gasteiger partial charge in [-0.05, 0) is 36.8 Å². The normalized spacial score (nSPS) is 13.6. The number of hydrogen-bond acceptors (Lipinski definition) is 3. The van der Waals surface area contributed by atoms with E-state index in [-0.39, 0.29) is 5.78 Å². The van der Waals surface area contributed by atoms with Crippen LogP contribution in [0.25, 0.3) is 0 Å². The van der Waals surface area contributed by atoms with Crippen molar-refractivity contribution < 1.29 is 14.3 Å². The molecule has 0 unspecified atom stereocenters. The maximum atomic E-state index is 11.5. The van der Waals surface area contributed by atoms with E-state index in [0.717, 1.165) is 5.56 Å². The molecular weight excluding hydrogens is 300 g/mol. The molecule has 1 aliphatic rings. The molecule has 3 nitrogen and oxygen atoms in total. The topological polar surface area (TPSA) is 35.5 Å². The zero-order valence-electron chi connectivity index (χ0n) is 13.5. The molecule has 0 atom stereocenters. The molecule has 0 spiro atoms. The van der Waals surface area contributed by atoms with E-state index in [0.29, 0.717) is 29.4 Å². The molecular formula is C21H18O3. The number of hydrogen-bond donors (Lipinski definition) is 0. The fourth-order valence-electron chi connectivity index (χ4n) is 2.24. The largest absolute Gasteiger partial charge is 0.489 e. The lowest BCUT2D eigenvalue weighted by Gasteiger charge is -2.13. The van der Waals surface area contributed by atoms with Gasteiger partial charge in [0.05, 0.1) is 0 Å². The van der Waals surface area contributed by atoms with Gasteiger partial charge in [0.1, 0.15) is 23.9 Å². The first kappa shape index (κ1) is 15.8. The highest BCUT2D eigenvalue weighted by molar-refractivity contribution is 6.02. The molecule has 0 N–H and O–H groups in total. The minimum atomic E-state index is -0.107. The molecule has 120 valence electrons. The van der Waals surface area contributed by atoms with Gasteiger partial charge < -0.3 is 9.47 Å². The van der Waals surface area contributed by atoms with E-state index < -0.39 is 0 Å². The third-order valence-corrected chi connectivity index (χ3v) is 3.60. The summed E-state index contributed by atoms with van der Waals surface area (Å²) in [4.78, 5) is 11.5. The van der Waals surface area contributed by atoms with E-state index in [2.05, 4.69) is 25.6 Å². The van der Waals surface area contributed by atoms with E-state index in [1.54, 1.807) is 12.1 Å². The number of benzene rings is 2. The summed E-state index contributed by atoms with van der Waals surface area (Å²) in [5, 5.41) is 0. The van der Waals surface area contributed by atoms with Crippen molar-refractivity contribution in [2.24, 2.45) is 0 Å². The molecule has 0 bridgehead atoms. The average molecular weight is 318 g/mol. The van der Waals surface area contributed by atoms with Crippen LogP contribution in [0.5, 0.6) is 11.5 Å². The molecule has 24 heavy (non-hydrogen) atoms. The molecule has 0 fully saturated rings. The second kappa shape index (κ2) is 7.01. The molecule has 1 aliphatic carbocycles. The van der Waals surface area contributed by atoms with Gasteiger partial charge in [-0.25, -0.2) is 0 Å². The van der Waals surface area contributed by atoms with Crippen molar-refractivity contribution in [3.05, 3.63) is 95.8 Å². The Hall–Kier alpha value is -3.07. The van der Waals surface area contributed by atoms with E-state index >= 15 is 0 Å². The first-order valence-electron chi connectivity index (χ1n) is 7.69. The summed E-state index contributed by atoms with van der Waals surface area (Å²) < 4.78 is 11.6. The van der Waals surface area contributed by atoms with Crippen LogP contribution in [0.1, 0.15) is 11.1 Å². The number of carbonyl (C=O) groups is 1. The number of ether oxygens (including phenoxy) is 2. The molecule has 0 radical (unpaired) electrons. The molecule has 2 aromatic rings. The number of allylic oxidation sites excluding steroid dienone is 3. The predicted octanol–water partition coefficient (Wildman–Crippen LogP) is 4.53. The molecule has 2 aromatic carbocycles. The van der Waals surface area contributed by atoms with Crippen molar-refractivity contribution >= 4 is 5.78 Å². The second-order valence-corrected chi connectivity index (χ2v) is 5.62. The van der Waals surface area contributed by atoms with Gasteiger partial charge >= 0.3 is 0 Å². The smallest absolute Gasteiger partial charge is 0.182 e. The lowest BCUT2D eigenvalue weighted by molar-refractivity contribution is -0.110.